The average molecular weight is 243 g/mol. The highest BCUT2D eigenvalue weighted by Gasteiger charge is 2.45. The van der Waals surface area contributed by atoms with Crippen molar-refractivity contribution in [2.45, 2.75) is 45.2 Å². The van der Waals surface area contributed by atoms with Gasteiger partial charge in [0.2, 0.25) is 5.91 Å². The summed E-state index contributed by atoms with van der Waals surface area (Å²) in [5, 5.41) is 0. The van der Waals surface area contributed by atoms with Crippen LogP contribution in [0.5, 0.6) is 0 Å². The lowest BCUT2D eigenvalue weighted by molar-refractivity contribution is -0.132. The Bertz CT molecular complexity index is 428. The van der Waals surface area contributed by atoms with Crippen LogP contribution in [-0.2, 0) is 11.3 Å². The lowest BCUT2D eigenvalue weighted by Crippen LogP contribution is -2.36. The molecule has 0 N–H and O–H groups in total. The Kier molecular flexibility index (Phi) is 3.11. The van der Waals surface area contributed by atoms with Crippen LogP contribution < -0.4 is 0 Å². The molecule has 2 heteroatoms. The van der Waals surface area contributed by atoms with Gasteiger partial charge in [0.25, 0.3) is 0 Å². The van der Waals surface area contributed by atoms with Crippen molar-refractivity contribution in [3.05, 3.63) is 35.9 Å². The van der Waals surface area contributed by atoms with Crippen molar-refractivity contribution >= 4 is 5.91 Å². The third-order valence-electron chi connectivity index (χ3n) is 4.69. The molecule has 2 aliphatic rings. The van der Waals surface area contributed by atoms with Gasteiger partial charge in [-0.25, -0.2) is 0 Å². The van der Waals surface area contributed by atoms with Crippen molar-refractivity contribution in [1.29, 1.82) is 0 Å². The van der Waals surface area contributed by atoms with Gasteiger partial charge in [-0.15, -0.1) is 0 Å². The van der Waals surface area contributed by atoms with Crippen molar-refractivity contribution in [3.63, 3.8) is 0 Å². The molecular formula is C16H21NO. The minimum atomic E-state index is 0.235. The fraction of sp³-hybridized carbons (Fsp3) is 0.562. The highest BCUT2D eigenvalue weighted by Crippen LogP contribution is 2.41. The van der Waals surface area contributed by atoms with Gasteiger partial charge in [-0.1, -0.05) is 50.1 Å². The fourth-order valence-electron chi connectivity index (χ4n) is 3.69. The number of fused-ring (bicyclic) bond motifs is 1. The van der Waals surface area contributed by atoms with E-state index in [2.05, 4.69) is 36.1 Å². The van der Waals surface area contributed by atoms with Crippen LogP contribution in [0.1, 0.15) is 38.2 Å². The van der Waals surface area contributed by atoms with Crippen molar-refractivity contribution in [2.24, 2.45) is 11.8 Å². The predicted octanol–water partition coefficient (Wildman–Crippen LogP) is 3.22. The molecule has 1 aliphatic heterocycles. The summed E-state index contributed by atoms with van der Waals surface area (Å²) in [5.74, 6) is 1.21. The highest BCUT2D eigenvalue weighted by atomic mass is 16.2. The smallest absolute Gasteiger partial charge is 0.226 e. The molecular weight excluding hydrogens is 222 g/mol. The summed E-state index contributed by atoms with van der Waals surface area (Å²) < 4.78 is 0. The zero-order valence-electron chi connectivity index (χ0n) is 11.0. The van der Waals surface area contributed by atoms with Gasteiger partial charge in [-0.3, -0.25) is 4.79 Å². The molecule has 18 heavy (non-hydrogen) atoms. The first-order valence-electron chi connectivity index (χ1n) is 7.12. The van der Waals surface area contributed by atoms with E-state index in [1.807, 2.05) is 6.07 Å². The molecule has 1 saturated heterocycles. The summed E-state index contributed by atoms with van der Waals surface area (Å²) >= 11 is 0. The van der Waals surface area contributed by atoms with E-state index in [4.69, 9.17) is 0 Å². The molecule has 1 aliphatic carbocycles. The minimum absolute atomic E-state index is 0.235. The van der Waals surface area contributed by atoms with Crippen LogP contribution in [0.2, 0.25) is 0 Å². The number of hydrogen-bond acceptors (Lipinski definition) is 1. The standard InChI is InChI=1S/C16H21NO/c1-12-14-9-5-6-10-15(14)17(16(12)18)11-13-7-3-2-4-8-13/h2-4,7-8,12,14-15H,5-6,9-11H2,1H3/t12?,14-,15-/m0/s1. The maximum atomic E-state index is 12.4. The first-order valence-corrected chi connectivity index (χ1v) is 7.12. The van der Waals surface area contributed by atoms with Gasteiger partial charge in [0, 0.05) is 18.5 Å². The van der Waals surface area contributed by atoms with E-state index in [1.54, 1.807) is 0 Å². The van der Waals surface area contributed by atoms with Crippen LogP contribution in [0.3, 0.4) is 0 Å². The largest absolute Gasteiger partial charge is 0.335 e. The molecule has 2 fully saturated rings. The van der Waals surface area contributed by atoms with E-state index in [9.17, 15) is 4.79 Å². The zero-order valence-corrected chi connectivity index (χ0v) is 11.0. The third-order valence-corrected chi connectivity index (χ3v) is 4.69. The number of likely N-dealkylation sites (tertiary alicyclic amines) is 1. The Labute approximate surface area is 109 Å². The molecule has 1 heterocycles. The van der Waals surface area contributed by atoms with Crippen LogP contribution in [0.25, 0.3) is 0 Å². The van der Waals surface area contributed by atoms with E-state index < -0.39 is 0 Å². The Balaban J connectivity index is 1.80. The monoisotopic (exact) mass is 243 g/mol. The Morgan fingerprint density at radius 2 is 1.89 bits per heavy atom. The molecule has 3 atom stereocenters. The summed E-state index contributed by atoms with van der Waals surface area (Å²) in [7, 11) is 0. The van der Waals surface area contributed by atoms with Gasteiger partial charge in [0.15, 0.2) is 0 Å². The number of amides is 1. The van der Waals surface area contributed by atoms with E-state index >= 15 is 0 Å². The van der Waals surface area contributed by atoms with Gasteiger partial charge >= 0.3 is 0 Å². The van der Waals surface area contributed by atoms with E-state index in [-0.39, 0.29) is 5.92 Å². The van der Waals surface area contributed by atoms with Crippen molar-refractivity contribution < 1.29 is 4.79 Å². The topological polar surface area (TPSA) is 20.3 Å². The highest BCUT2D eigenvalue weighted by molar-refractivity contribution is 5.81. The second-order valence-electron chi connectivity index (χ2n) is 5.76. The van der Waals surface area contributed by atoms with Gasteiger partial charge in [0.1, 0.15) is 0 Å². The molecule has 0 bridgehead atoms. The number of benzene rings is 1. The number of nitrogens with zero attached hydrogens (tertiary/aromatic N) is 1. The summed E-state index contributed by atoms with van der Waals surface area (Å²) in [5.41, 5.74) is 1.25. The van der Waals surface area contributed by atoms with E-state index in [0.29, 0.717) is 17.9 Å². The summed E-state index contributed by atoms with van der Waals surface area (Å²) in [4.78, 5) is 14.5. The van der Waals surface area contributed by atoms with Crippen LogP contribution >= 0.6 is 0 Å². The lowest BCUT2D eigenvalue weighted by atomic mass is 9.80. The molecule has 1 unspecified atom stereocenters. The molecule has 3 rings (SSSR count). The zero-order chi connectivity index (χ0) is 12.5. The second-order valence-corrected chi connectivity index (χ2v) is 5.76. The van der Waals surface area contributed by atoms with Crippen LogP contribution in [-0.4, -0.2) is 16.8 Å². The quantitative estimate of drug-likeness (QED) is 0.781. The van der Waals surface area contributed by atoms with E-state index in [1.165, 1.54) is 31.2 Å². The average Bonchev–Trinajstić information content (AvgIpc) is 2.66. The molecule has 0 radical (unpaired) electrons. The summed E-state index contributed by atoms with van der Waals surface area (Å²) in [6.45, 7) is 2.92. The Hall–Kier alpha value is -1.31. The summed E-state index contributed by atoms with van der Waals surface area (Å²) in [6.07, 6.45) is 5.03. The van der Waals surface area contributed by atoms with Gasteiger partial charge in [0.05, 0.1) is 0 Å². The van der Waals surface area contributed by atoms with Gasteiger partial charge in [-0.05, 0) is 24.3 Å². The molecule has 1 saturated carbocycles. The SMILES string of the molecule is CC1C(=O)N(Cc2ccccc2)[C@H]2CCCC[C@@H]12. The Morgan fingerprint density at radius 3 is 2.67 bits per heavy atom. The van der Waals surface area contributed by atoms with Crippen molar-refractivity contribution in [3.8, 4) is 0 Å². The second kappa shape index (κ2) is 4.75. The maximum Gasteiger partial charge on any atom is 0.226 e. The maximum absolute atomic E-state index is 12.4. The van der Waals surface area contributed by atoms with Crippen LogP contribution in [0.4, 0.5) is 0 Å². The fourth-order valence-corrected chi connectivity index (χ4v) is 3.69. The lowest BCUT2D eigenvalue weighted by Gasteiger charge is -2.32. The van der Waals surface area contributed by atoms with Gasteiger partial charge < -0.3 is 4.90 Å². The van der Waals surface area contributed by atoms with Gasteiger partial charge in [-0.2, -0.15) is 0 Å². The first kappa shape index (κ1) is 11.8. The van der Waals surface area contributed by atoms with Crippen LogP contribution in [0, 0.1) is 11.8 Å². The van der Waals surface area contributed by atoms with Crippen molar-refractivity contribution in [2.75, 3.05) is 0 Å². The number of hydrogen-bond donors (Lipinski definition) is 0. The number of rotatable bonds is 2. The predicted molar refractivity (Wildman–Crippen MR) is 71.9 cm³/mol. The molecule has 1 aromatic rings. The number of carbonyl (C=O) groups excluding carboxylic acids is 1. The van der Waals surface area contributed by atoms with Crippen LogP contribution in [0.15, 0.2) is 30.3 Å². The molecule has 0 spiro atoms. The normalized spacial score (nSPS) is 31.5. The minimum Gasteiger partial charge on any atom is -0.335 e. The molecule has 1 amide bonds. The molecule has 2 nitrogen and oxygen atoms in total. The number of carbonyl (C=O) groups is 1. The third kappa shape index (κ3) is 1.94. The van der Waals surface area contributed by atoms with Crippen molar-refractivity contribution in [1.82, 2.24) is 4.90 Å². The summed E-state index contributed by atoms with van der Waals surface area (Å²) in [6, 6.07) is 10.9. The van der Waals surface area contributed by atoms with E-state index in [0.717, 1.165) is 6.54 Å². The molecule has 1 aromatic carbocycles. The molecule has 96 valence electrons. The molecule has 0 aromatic heterocycles. The first-order chi connectivity index (χ1) is 8.77. The Morgan fingerprint density at radius 1 is 1.17 bits per heavy atom.